The lowest BCUT2D eigenvalue weighted by atomic mass is 9.71. The second-order valence-corrected chi connectivity index (χ2v) is 3.63. The van der Waals surface area contributed by atoms with Crippen LogP contribution in [-0.2, 0) is 14.4 Å². The Balaban J connectivity index is 2.95. The Hall–Kier alpha value is -1.06. The quantitative estimate of drug-likeness (QED) is 0.570. The highest BCUT2D eigenvalue weighted by Crippen LogP contribution is 2.33. The molecule has 13 heavy (non-hydrogen) atoms. The Morgan fingerprint density at radius 1 is 1.54 bits per heavy atom. The van der Waals surface area contributed by atoms with Crippen molar-refractivity contribution in [3.8, 4) is 0 Å². The molecule has 0 aliphatic heterocycles. The summed E-state index contributed by atoms with van der Waals surface area (Å²) in [6.07, 6.45) is -2.40. The zero-order valence-electron chi connectivity index (χ0n) is 7.59. The number of rotatable bonds is 1. The third kappa shape index (κ3) is 1.53. The molecule has 1 saturated carbocycles. The Kier molecular flexibility index (Phi) is 2.32. The second-order valence-electron chi connectivity index (χ2n) is 3.63. The molecule has 0 aromatic rings. The average molecular weight is 186 g/mol. The van der Waals surface area contributed by atoms with E-state index in [0.29, 0.717) is 0 Å². The molecule has 72 valence electrons. The largest absolute Gasteiger partial charge is 0.299 e. The fourth-order valence-electron chi connectivity index (χ4n) is 1.39. The van der Waals surface area contributed by atoms with Gasteiger partial charge >= 0.3 is 0 Å². The highest BCUT2D eigenvalue weighted by Gasteiger charge is 2.46. The van der Waals surface area contributed by atoms with Gasteiger partial charge in [-0.15, -0.1) is 0 Å². The molecule has 2 unspecified atom stereocenters. The van der Waals surface area contributed by atoms with Gasteiger partial charge in [0.25, 0.3) is 0 Å². The molecule has 0 aromatic heterocycles. The van der Waals surface area contributed by atoms with Crippen LogP contribution in [0.1, 0.15) is 26.7 Å². The number of carbonyl (C=O) groups is 3. The lowest BCUT2D eigenvalue weighted by Crippen LogP contribution is -2.45. The van der Waals surface area contributed by atoms with Crippen LogP contribution in [0.3, 0.4) is 0 Å². The van der Waals surface area contributed by atoms with Gasteiger partial charge in [-0.1, -0.05) is 0 Å². The predicted molar refractivity (Wildman–Crippen MR) is 42.9 cm³/mol. The molecule has 0 heterocycles. The Morgan fingerprint density at radius 2 is 2.08 bits per heavy atom. The Morgan fingerprint density at radius 3 is 2.54 bits per heavy atom. The van der Waals surface area contributed by atoms with Crippen molar-refractivity contribution in [3.05, 3.63) is 0 Å². The number of Topliss-reactive ketones (excluding diaryl/α,β-unsaturated/α-hetero) is 3. The zero-order chi connectivity index (χ0) is 10.2. The van der Waals surface area contributed by atoms with Gasteiger partial charge in [-0.25, -0.2) is 4.39 Å². The molecule has 0 spiro atoms. The van der Waals surface area contributed by atoms with E-state index >= 15 is 0 Å². The molecule has 0 N–H and O–H groups in total. The van der Waals surface area contributed by atoms with Gasteiger partial charge in [0.15, 0.2) is 17.7 Å². The molecule has 1 fully saturated rings. The van der Waals surface area contributed by atoms with Crippen molar-refractivity contribution in [2.45, 2.75) is 32.9 Å². The third-order valence-corrected chi connectivity index (χ3v) is 2.66. The van der Waals surface area contributed by atoms with Crippen LogP contribution in [0.4, 0.5) is 4.39 Å². The van der Waals surface area contributed by atoms with Crippen LogP contribution >= 0.6 is 0 Å². The first-order valence-corrected chi connectivity index (χ1v) is 4.09. The van der Waals surface area contributed by atoms with Crippen molar-refractivity contribution >= 4 is 17.3 Å². The summed E-state index contributed by atoms with van der Waals surface area (Å²) < 4.78 is 13.0. The molecule has 0 radical (unpaired) electrons. The SMILES string of the molecule is CC(=O)C1(C)CC(F)C(=O)CC1=O. The summed E-state index contributed by atoms with van der Waals surface area (Å²) in [5.74, 6) is -1.53. The maximum absolute atomic E-state index is 13.0. The summed E-state index contributed by atoms with van der Waals surface area (Å²) in [7, 11) is 0. The van der Waals surface area contributed by atoms with Gasteiger partial charge in [-0.3, -0.25) is 14.4 Å². The maximum atomic E-state index is 13.0. The standard InChI is InChI=1S/C9H11FO3/c1-5(11)9(2)4-6(10)7(12)3-8(9)13/h6H,3-4H2,1-2H3. The number of hydrogen-bond acceptors (Lipinski definition) is 3. The van der Waals surface area contributed by atoms with Crippen LogP contribution in [0, 0.1) is 5.41 Å². The van der Waals surface area contributed by atoms with Crippen LogP contribution in [-0.4, -0.2) is 23.5 Å². The smallest absolute Gasteiger partial charge is 0.174 e. The van der Waals surface area contributed by atoms with Gasteiger partial charge in [0, 0.05) is 6.42 Å². The van der Waals surface area contributed by atoms with Gasteiger partial charge in [0.1, 0.15) is 5.78 Å². The molecule has 0 aromatic carbocycles. The van der Waals surface area contributed by atoms with E-state index in [-0.39, 0.29) is 12.2 Å². The topological polar surface area (TPSA) is 51.2 Å². The number of carbonyl (C=O) groups excluding carboxylic acids is 3. The highest BCUT2D eigenvalue weighted by molar-refractivity contribution is 6.15. The summed E-state index contributed by atoms with van der Waals surface area (Å²) in [4.78, 5) is 33.2. The number of halogens is 1. The molecule has 2 atom stereocenters. The summed E-state index contributed by atoms with van der Waals surface area (Å²) in [6, 6.07) is 0. The minimum absolute atomic E-state index is 0.292. The first-order valence-electron chi connectivity index (χ1n) is 4.09. The van der Waals surface area contributed by atoms with Crippen molar-refractivity contribution in [3.63, 3.8) is 0 Å². The first kappa shape index (κ1) is 10.0. The Bertz CT molecular complexity index is 285. The lowest BCUT2D eigenvalue weighted by Gasteiger charge is -2.30. The fraction of sp³-hybridized carbons (Fsp3) is 0.667. The molecule has 4 heteroatoms. The van der Waals surface area contributed by atoms with Crippen LogP contribution in [0.5, 0.6) is 0 Å². The molecular formula is C9H11FO3. The van der Waals surface area contributed by atoms with Gasteiger partial charge < -0.3 is 0 Å². The fourth-order valence-corrected chi connectivity index (χ4v) is 1.39. The molecule has 0 bridgehead atoms. The van der Waals surface area contributed by atoms with Crippen LogP contribution in [0.2, 0.25) is 0 Å². The van der Waals surface area contributed by atoms with E-state index in [4.69, 9.17) is 0 Å². The van der Waals surface area contributed by atoms with Gasteiger partial charge in [-0.2, -0.15) is 0 Å². The molecular weight excluding hydrogens is 175 g/mol. The van der Waals surface area contributed by atoms with Gasteiger partial charge in [-0.05, 0) is 13.8 Å². The summed E-state index contributed by atoms with van der Waals surface area (Å²) >= 11 is 0. The average Bonchev–Trinajstić information content (AvgIpc) is 2.01. The minimum Gasteiger partial charge on any atom is -0.299 e. The van der Waals surface area contributed by atoms with E-state index < -0.39 is 29.6 Å². The van der Waals surface area contributed by atoms with E-state index in [2.05, 4.69) is 0 Å². The van der Waals surface area contributed by atoms with Crippen molar-refractivity contribution in [1.29, 1.82) is 0 Å². The van der Waals surface area contributed by atoms with Crippen LogP contribution in [0.15, 0.2) is 0 Å². The van der Waals surface area contributed by atoms with E-state index in [1.807, 2.05) is 0 Å². The summed E-state index contributed by atoms with van der Waals surface area (Å²) in [5.41, 5.74) is -1.28. The highest BCUT2D eigenvalue weighted by atomic mass is 19.1. The molecule has 1 aliphatic rings. The number of ketones is 3. The van der Waals surface area contributed by atoms with E-state index in [0.717, 1.165) is 0 Å². The van der Waals surface area contributed by atoms with E-state index in [9.17, 15) is 18.8 Å². The van der Waals surface area contributed by atoms with Crippen molar-refractivity contribution in [2.75, 3.05) is 0 Å². The van der Waals surface area contributed by atoms with E-state index in [1.54, 1.807) is 0 Å². The minimum atomic E-state index is -1.66. The van der Waals surface area contributed by atoms with Gasteiger partial charge in [0.2, 0.25) is 0 Å². The predicted octanol–water partition coefficient (Wildman–Crippen LogP) is 0.852. The van der Waals surface area contributed by atoms with Gasteiger partial charge in [0.05, 0.1) is 11.8 Å². The van der Waals surface area contributed by atoms with Crippen LogP contribution < -0.4 is 0 Å². The van der Waals surface area contributed by atoms with Crippen molar-refractivity contribution < 1.29 is 18.8 Å². The zero-order valence-corrected chi connectivity index (χ0v) is 7.59. The second kappa shape index (κ2) is 3.01. The number of hydrogen-bond donors (Lipinski definition) is 0. The van der Waals surface area contributed by atoms with E-state index in [1.165, 1.54) is 13.8 Å². The molecule has 1 aliphatic carbocycles. The molecule has 0 saturated heterocycles. The Labute approximate surface area is 75.3 Å². The van der Waals surface area contributed by atoms with Crippen molar-refractivity contribution in [1.82, 2.24) is 0 Å². The molecule has 3 nitrogen and oxygen atoms in total. The maximum Gasteiger partial charge on any atom is 0.174 e. The summed E-state index contributed by atoms with van der Waals surface area (Å²) in [6.45, 7) is 2.65. The third-order valence-electron chi connectivity index (χ3n) is 2.66. The lowest BCUT2D eigenvalue weighted by molar-refractivity contribution is -0.147. The number of alkyl halides is 1. The summed E-state index contributed by atoms with van der Waals surface area (Å²) in [5, 5.41) is 0. The van der Waals surface area contributed by atoms with Crippen molar-refractivity contribution in [2.24, 2.45) is 5.41 Å². The molecule has 1 rings (SSSR count). The monoisotopic (exact) mass is 186 g/mol. The molecule has 0 amide bonds. The van der Waals surface area contributed by atoms with Crippen LogP contribution in [0.25, 0.3) is 0 Å². The normalized spacial score (nSPS) is 34.8. The first-order chi connectivity index (χ1) is 5.88.